The second-order valence-corrected chi connectivity index (χ2v) is 17.9. The number of aliphatic hydroxyl groups is 5. The van der Waals surface area contributed by atoms with Gasteiger partial charge in [0.1, 0.15) is 24.4 Å². The predicted molar refractivity (Wildman–Crippen MR) is 262 cm³/mol. The number of aliphatic hydroxyl groups excluding tert-OH is 5. The first-order valence-corrected chi connectivity index (χ1v) is 26.0. The Morgan fingerprint density at radius 3 is 1.46 bits per heavy atom. The van der Waals surface area contributed by atoms with Crippen molar-refractivity contribution in [2.24, 2.45) is 0 Å². The highest BCUT2D eigenvalue weighted by Crippen LogP contribution is 2.23. The van der Waals surface area contributed by atoms with E-state index in [-0.39, 0.29) is 12.5 Å². The summed E-state index contributed by atoms with van der Waals surface area (Å²) in [6.07, 6.45) is 51.8. The molecule has 1 saturated heterocycles. The fourth-order valence-electron chi connectivity index (χ4n) is 7.97. The molecular weight excluding hydrogens is 791 g/mol. The van der Waals surface area contributed by atoms with Crippen molar-refractivity contribution in [3.05, 3.63) is 60.8 Å². The second-order valence-electron chi connectivity index (χ2n) is 17.9. The van der Waals surface area contributed by atoms with Crippen LogP contribution in [0.5, 0.6) is 0 Å². The van der Waals surface area contributed by atoms with Crippen LogP contribution in [-0.4, -0.2) is 87.5 Å². The van der Waals surface area contributed by atoms with Gasteiger partial charge in [0.15, 0.2) is 6.29 Å². The lowest BCUT2D eigenvalue weighted by Crippen LogP contribution is -2.60. The molecule has 0 spiro atoms. The number of amides is 1. The van der Waals surface area contributed by atoms with Gasteiger partial charge in [0.25, 0.3) is 0 Å². The minimum atomic E-state index is -1.56. The number of unbranched alkanes of at least 4 members (excludes halogenated alkanes) is 25. The Labute approximate surface area is 386 Å². The van der Waals surface area contributed by atoms with Gasteiger partial charge in [-0.05, 0) is 57.8 Å². The molecular formula is C54H97NO8. The molecule has 1 rings (SSSR count). The Morgan fingerprint density at radius 1 is 0.556 bits per heavy atom. The minimum Gasteiger partial charge on any atom is -0.394 e. The van der Waals surface area contributed by atoms with Crippen LogP contribution in [0.15, 0.2) is 60.8 Å². The van der Waals surface area contributed by atoms with Crippen molar-refractivity contribution in [3.63, 3.8) is 0 Å². The van der Waals surface area contributed by atoms with E-state index < -0.39 is 49.5 Å². The summed E-state index contributed by atoms with van der Waals surface area (Å²) in [5.74, 6) is -0.181. The largest absolute Gasteiger partial charge is 0.394 e. The fraction of sp³-hybridized carbons (Fsp3) is 0.796. The third kappa shape index (κ3) is 33.9. The second kappa shape index (κ2) is 43.8. The Kier molecular flexibility index (Phi) is 40.9. The van der Waals surface area contributed by atoms with Gasteiger partial charge >= 0.3 is 0 Å². The first kappa shape index (κ1) is 58.9. The van der Waals surface area contributed by atoms with Crippen LogP contribution < -0.4 is 5.32 Å². The van der Waals surface area contributed by atoms with E-state index in [0.29, 0.717) is 6.42 Å². The van der Waals surface area contributed by atoms with E-state index in [9.17, 15) is 30.3 Å². The molecule has 0 bridgehead atoms. The first-order valence-electron chi connectivity index (χ1n) is 26.0. The van der Waals surface area contributed by atoms with Crippen LogP contribution in [0.3, 0.4) is 0 Å². The van der Waals surface area contributed by atoms with Crippen LogP contribution >= 0.6 is 0 Å². The summed E-state index contributed by atoms with van der Waals surface area (Å²) in [6, 6.07) is -0.801. The fourth-order valence-corrected chi connectivity index (χ4v) is 7.97. The third-order valence-corrected chi connectivity index (χ3v) is 12.1. The number of hydrogen-bond acceptors (Lipinski definition) is 8. The lowest BCUT2D eigenvalue weighted by molar-refractivity contribution is -0.302. The van der Waals surface area contributed by atoms with Crippen LogP contribution in [0.25, 0.3) is 0 Å². The van der Waals surface area contributed by atoms with Gasteiger partial charge in [0.2, 0.25) is 5.91 Å². The zero-order chi connectivity index (χ0) is 45.9. The summed E-state index contributed by atoms with van der Waals surface area (Å²) in [5, 5.41) is 54.0. The molecule has 1 amide bonds. The highest BCUT2D eigenvalue weighted by molar-refractivity contribution is 5.76. The van der Waals surface area contributed by atoms with E-state index in [1.807, 2.05) is 6.08 Å². The molecule has 1 aliphatic heterocycles. The Morgan fingerprint density at radius 2 is 0.984 bits per heavy atom. The molecule has 1 fully saturated rings. The van der Waals surface area contributed by atoms with Crippen LogP contribution in [0.1, 0.15) is 219 Å². The van der Waals surface area contributed by atoms with Gasteiger partial charge in [-0.2, -0.15) is 0 Å². The molecule has 0 aromatic heterocycles. The Hall–Kier alpha value is -2.11. The molecule has 366 valence electrons. The molecule has 0 radical (unpaired) electrons. The number of carbonyl (C=O) groups excluding carboxylic acids is 1. The van der Waals surface area contributed by atoms with Crippen LogP contribution in [0.2, 0.25) is 0 Å². The van der Waals surface area contributed by atoms with E-state index in [1.54, 1.807) is 6.08 Å². The van der Waals surface area contributed by atoms with E-state index >= 15 is 0 Å². The van der Waals surface area contributed by atoms with Gasteiger partial charge in [-0.3, -0.25) is 4.79 Å². The average Bonchev–Trinajstić information content (AvgIpc) is 3.28. The average molecular weight is 888 g/mol. The Balaban J connectivity index is 2.05. The lowest BCUT2D eigenvalue weighted by Gasteiger charge is -2.40. The van der Waals surface area contributed by atoms with Gasteiger partial charge in [0.05, 0.1) is 25.4 Å². The molecule has 9 nitrogen and oxygen atoms in total. The monoisotopic (exact) mass is 888 g/mol. The lowest BCUT2D eigenvalue weighted by atomic mass is 9.99. The molecule has 7 atom stereocenters. The SMILES string of the molecule is CC/C=C\C/C=C\C/C=C\C/C=C\CCCCCCCCCCCCCCCCCCCCCCC(=O)NC(COC1OC(CO)C(O)C(O)C1O)C(O)/C=C/CCCCCCC. The minimum absolute atomic E-state index is 0.181. The van der Waals surface area contributed by atoms with E-state index in [2.05, 4.69) is 67.8 Å². The van der Waals surface area contributed by atoms with Crippen LogP contribution in [-0.2, 0) is 14.3 Å². The molecule has 0 aromatic rings. The smallest absolute Gasteiger partial charge is 0.220 e. The summed E-state index contributed by atoms with van der Waals surface area (Å²) in [5.41, 5.74) is 0. The summed E-state index contributed by atoms with van der Waals surface area (Å²) >= 11 is 0. The number of hydrogen-bond donors (Lipinski definition) is 6. The van der Waals surface area contributed by atoms with Crippen molar-refractivity contribution < 1.29 is 39.8 Å². The highest BCUT2D eigenvalue weighted by Gasteiger charge is 2.44. The maximum absolute atomic E-state index is 12.9. The molecule has 6 N–H and O–H groups in total. The van der Waals surface area contributed by atoms with Crippen molar-refractivity contribution in [3.8, 4) is 0 Å². The maximum Gasteiger partial charge on any atom is 0.220 e. The number of ether oxygens (including phenoxy) is 2. The molecule has 0 aromatic carbocycles. The van der Waals surface area contributed by atoms with E-state index in [1.165, 1.54) is 135 Å². The van der Waals surface area contributed by atoms with Crippen LogP contribution in [0, 0.1) is 0 Å². The molecule has 63 heavy (non-hydrogen) atoms. The number of rotatable bonds is 43. The molecule has 7 unspecified atom stereocenters. The van der Waals surface area contributed by atoms with Crippen LogP contribution in [0.4, 0.5) is 0 Å². The highest BCUT2D eigenvalue weighted by atomic mass is 16.7. The third-order valence-electron chi connectivity index (χ3n) is 12.1. The summed E-state index contributed by atoms with van der Waals surface area (Å²) in [7, 11) is 0. The molecule has 0 saturated carbocycles. The summed E-state index contributed by atoms with van der Waals surface area (Å²) in [6.45, 7) is 3.60. The number of carbonyl (C=O) groups is 1. The number of nitrogens with one attached hydrogen (secondary N) is 1. The van der Waals surface area contributed by atoms with Crippen molar-refractivity contribution in [1.29, 1.82) is 0 Å². The topological polar surface area (TPSA) is 149 Å². The number of allylic oxidation sites excluding steroid dienone is 9. The first-order chi connectivity index (χ1) is 30.8. The van der Waals surface area contributed by atoms with Crippen molar-refractivity contribution >= 4 is 5.91 Å². The van der Waals surface area contributed by atoms with Crippen molar-refractivity contribution in [1.82, 2.24) is 5.32 Å². The quantitative estimate of drug-likeness (QED) is 0.0262. The molecule has 9 heteroatoms. The van der Waals surface area contributed by atoms with Gasteiger partial charge in [-0.1, -0.05) is 216 Å². The Bertz CT molecular complexity index is 1170. The van der Waals surface area contributed by atoms with Gasteiger partial charge in [-0.15, -0.1) is 0 Å². The van der Waals surface area contributed by atoms with Gasteiger partial charge in [0, 0.05) is 6.42 Å². The molecule has 0 aliphatic carbocycles. The zero-order valence-electron chi connectivity index (χ0n) is 40.3. The summed E-state index contributed by atoms with van der Waals surface area (Å²) < 4.78 is 11.2. The summed E-state index contributed by atoms with van der Waals surface area (Å²) in [4.78, 5) is 12.9. The van der Waals surface area contributed by atoms with Crippen molar-refractivity contribution in [2.75, 3.05) is 13.2 Å². The predicted octanol–water partition coefficient (Wildman–Crippen LogP) is 12.0. The molecule has 1 aliphatic rings. The standard InChI is InChI=1S/C54H97NO8/c1-3-5-7-9-11-12-13-14-15-16-17-18-19-20-21-22-23-24-25-26-27-28-29-30-31-32-33-34-35-36-38-40-42-44-50(58)55-47(48(57)43-41-39-37-10-8-6-4-2)46-62-54-53(61)52(60)51(59)49(45-56)63-54/h5,7,11-12,14-15,17-18,41,43,47-49,51-54,56-57,59-61H,3-4,6,8-10,13,16,19-40,42,44-46H2,1-2H3,(H,55,58)/b7-5-,12-11-,15-14-,18-17-,43-41+. The normalized spacial score (nSPS) is 20.7. The van der Waals surface area contributed by atoms with E-state index in [0.717, 1.165) is 64.2 Å². The maximum atomic E-state index is 12.9. The van der Waals surface area contributed by atoms with Gasteiger partial charge < -0.3 is 40.3 Å². The van der Waals surface area contributed by atoms with E-state index in [4.69, 9.17) is 9.47 Å². The van der Waals surface area contributed by atoms with Gasteiger partial charge in [-0.25, -0.2) is 0 Å². The zero-order valence-corrected chi connectivity index (χ0v) is 40.3. The molecule has 1 heterocycles. The van der Waals surface area contributed by atoms with Crippen molar-refractivity contribution in [2.45, 2.75) is 262 Å².